The van der Waals surface area contributed by atoms with E-state index >= 15 is 0 Å². The van der Waals surface area contributed by atoms with Gasteiger partial charge in [-0.1, -0.05) is 394 Å². The smallest absolute Gasteiger partial charge is 0.462 e. The molecule has 0 heterocycles. The molecule has 2 atom stereocenters. The van der Waals surface area contributed by atoms with Crippen molar-refractivity contribution in [3.8, 4) is 0 Å². The van der Waals surface area contributed by atoms with Crippen LogP contribution in [0.1, 0.15) is 412 Å². The zero-order chi connectivity index (χ0) is 68.6. The number of phosphoric acid groups is 1. The van der Waals surface area contributed by atoms with Crippen molar-refractivity contribution in [2.75, 3.05) is 26.4 Å². The van der Waals surface area contributed by atoms with Gasteiger partial charge in [-0.25, -0.2) is 4.57 Å². The van der Waals surface area contributed by atoms with Crippen LogP contribution in [-0.4, -0.2) is 49.3 Å². The molecule has 0 spiro atoms. The Kier molecular flexibility index (Phi) is 77.8. The topological polar surface area (TPSA) is 134 Å². The number of rotatable bonds is 78. The Balaban J connectivity index is 3.76. The van der Waals surface area contributed by atoms with E-state index in [2.05, 4.69) is 98.9 Å². The van der Waals surface area contributed by atoms with E-state index in [1.165, 1.54) is 308 Å². The summed E-state index contributed by atoms with van der Waals surface area (Å²) in [6.45, 7) is 3.70. The second kappa shape index (κ2) is 80.2. The Bertz CT molecular complexity index is 1840. The van der Waals surface area contributed by atoms with Crippen LogP contribution in [0.4, 0.5) is 0 Å². The standard InChI is InChI=1S/C85H156NO8P/c1-3-5-7-9-11-13-15-17-19-21-23-25-27-29-31-33-35-37-38-39-40-41-42-43-44-46-48-50-52-54-56-58-60-62-64-66-68-70-72-74-76-78-85(88)94-83(82-93-95(89,90)92-80-79-86)81-91-84(87)77-75-73-71-69-67-65-63-61-59-57-55-53-51-49-47-45-36-34-32-30-28-26-24-22-20-18-16-14-12-10-8-6-4-2/h5,7,11,13,17,19,22-25,29,31,35,37,83H,3-4,6,8-10,12,14-16,18,20-21,26-28,30,32-34,36,38-82,86H2,1-2H3,(H,89,90)/b7-5-,13-11-,19-17-,24-22-,25-23-,31-29-,37-35-. The first kappa shape index (κ1) is 92.2. The predicted octanol–water partition coefficient (Wildman–Crippen LogP) is 27.7. The van der Waals surface area contributed by atoms with Crippen LogP contribution in [0.3, 0.4) is 0 Å². The number of hydrogen-bond donors (Lipinski definition) is 2. The van der Waals surface area contributed by atoms with Gasteiger partial charge in [-0.05, 0) is 89.9 Å². The Morgan fingerprint density at radius 1 is 0.326 bits per heavy atom. The molecule has 3 N–H and O–H groups in total. The molecule has 0 radical (unpaired) electrons. The minimum absolute atomic E-state index is 0.0546. The minimum atomic E-state index is -4.40. The predicted molar refractivity (Wildman–Crippen MR) is 413 cm³/mol. The summed E-state index contributed by atoms with van der Waals surface area (Å²) in [5, 5.41) is 0. The zero-order valence-corrected chi connectivity index (χ0v) is 63.6. The molecular formula is C85H156NO8P. The molecule has 2 unspecified atom stereocenters. The second-order valence-corrected chi connectivity index (χ2v) is 29.1. The van der Waals surface area contributed by atoms with Gasteiger partial charge in [0, 0.05) is 19.4 Å². The molecule has 0 bridgehead atoms. The third kappa shape index (κ3) is 80.1. The molecule has 0 aromatic heterocycles. The highest BCUT2D eigenvalue weighted by atomic mass is 31.2. The Hall–Kier alpha value is -2.81. The van der Waals surface area contributed by atoms with Crippen LogP contribution < -0.4 is 5.73 Å². The lowest BCUT2D eigenvalue weighted by Crippen LogP contribution is -2.29. The highest BCUT2D eigenvalue weighted by Crippen LogP contribution is 2.43. The maximum absolute atomic E-state index is 12.8. The molecule has 0 rings (SSSR count). The molecule has 0 saturated carbocycles. The van der Waals surface area contributed by atoms with Crippen LogP contribution in [0.5, 0.6) is 0 Å². The number of ether oxygens (including phenoxy) is 2. The summed E-state index contributed by atoms with van der Waals surface area (Å²) >= 11 is 0. The lowest BCUT2D eigenvalue weighted by atomic mass is 10.0. The normalized spacial score (nSPS) is 13.3. The molecule has 10 heteroatoms. The van der Waals surface area contributed by atoms with E-state index in [1.807, 2.05) is 0 Å². The SMILES string of the molecule is CC/C=C\C/C=C\C/C=C\C/C=C\C/C=C\C/C=C\CCCCCCCCCCCCCCCCCCCCCCCCC(=O)OC(COC(=O)CCCCCCCCCCCCCCCCCCCCCCC/C=C\CCCCCCCCCC)COP(=O)(O)OCCN. The summed E-state index contributed by atoms with van der Waals surface area (Å²) in [5.41, 5.74) is 5.42. The van der Waals surface area contributed by atoms with Gasteiger partial charge >= 0.3 is 19.8 Å². The summed E-state index contributed by atoms with van der Waals surface area (Å²) in [4.78, 5) is 35.5. The average molecular weight is 1350 g/mol. The van der Waals surface area contributed by atoms with Crippen molar-refractivity contribution in [2.24, 2.45) is 5.73 Å². The fourth-order valence-electron chi connectivity index (χ4n) is 12.2. The second-order valence-electron chi connectivity index (χ2n) is 27.6. The van der Waals surface area contributed by atoms with Gasteiger partial charge in [0.05, 0.1) is 13.2 Å². The van der Waals surface area contributed by atoms with Crippen molar-refractivity contribution in [3.63, 3.8) is 0 Å². The van der Waals surface area contributed by atoms with Crippen LogP contribution in [0, 0.1) is 0 Å². The molecule has 0 aromatic rings. The maximum Gasteiger partial charge on any atom is 0.472 e. The quantitative estimate of drug-likeness (QED) is 0.0264. The largest absolute Gasteiger partial charge is 0.472 e. The third-order valence-electron chi connectivity index (χ3n) is 18.3. The van der Waals surface area contributed by atoms with Crippen molar-refractivity contribution >= 4 is 19.8 Å². The summed E-state index contributed by atoms with van der Waals surface area (Å²) in [6, 6.07) is 0. The molecule has 9 nitrogen and oxygen atoms in total. The third-order valence-corrected chi connectivity index (χ3v) is 19.2. The first-order valence-electron chi connectivity index (χ1n) is 41.1. The van der Waals surface area contributed by atoms with E-state index < -0.39 is 26.5 Å². The summed E-state index contributed by atoms with van der Waals surface area (Å²) in [6.07, 6.45) is 109. The summed E-state index contributed by atoms with van der Waals surface area (Å²) in [5.74, 6) is -0.805. The Morgan fingerprint density at radius 3 is 0.874 bits per heavy atom. The molecule has 0 aliphatic rings. The van der Waals surface area contributed by atoms with Crippen molar-refractivity contribution in [3.05, 3.63) is 85.1 Å². The van der Waals surface area contributed by atoms with Gasteiger partial charge in [-0.15, -0.1) is 0 Å². The molecule has 0 aromatic carbocycles. The number of phosphoric ester groups is 1. The zero-order valence-electron chi connectivity index (χ0n) is 62.7. The monoisotopic (exact) mass is 1350 g/mol. The van der Waals surface area contributed by atoms with E-state index in [4.69, 9.17) is 24.3 Å². The molecule has 0 amide bonds. The first-order valence-corrected chi connectivity index (χ1v) is 42.6. The van der Waals surface area contributed by atoms with Crippen LogP contribution in [0.2, 0.25) is 0 Å². The molecule has 0 aliphatic heterocycles. The van der Waals surface area contributed by atoms with Gasteiger partial charge < -0.3 is 20.1 Å². The summed E-state index contributed by atoms with van der Waals surface area (Å²) < 4.78 is 33.3. The molecule has 95 heavy (non-hydrogen) atoms. The highest BCUT2D eigenvalue weighted by Gasteiger charge is 2.26. The van der Waals surface area contributed by atoms with Crippen LogP contribution in [-0.2, 0) is 32.7 Å². The lowest BCUT2D eigenvalue weighted by molar-refractivity contribution is -0.161. The number of carbonyl (C=O) groups is 2. The average Bonchev–Trinajstić information content (AvgIpc) is 2.75. The fraction of sp³-hybridized carbons (Fsp3) is 0.812. The highest BCUT2D eigenvalue weighted by molar-refractivity contribution is 7.47. The van der Waals surface area contributed by atoms with E-state index in [9.17, 15) is 19.0 Å². The number of unbranched alkanes of at least 4 members (excludes halogenated alkanes) is 51. The number of allylic oxidation sites excluding steroid dienone is 14. The van der Waals surface area contributed by atoms with E-state index in [1.54, 1.807) is 0 Å². The van der Waals surface area contributed by atoms with Crippen molar-refractivity contribution in [1.29, 1.82) is 0 Å². The van der Waals surface area contributed by atoms with Crippen LogP contribution in [0.15, 0.2) is 85.1 Å². The Morgan fingerprint density at radius 2 is 0.579 bits per heavy atom. The molecular weight excluding hydrogens is 1190 g/mol. The molecule has 0 fully saturated rings. The maximum atomic E-state index is 12.8. The van der Waals surface area contributed by atoms with Gasteiger partial charge in [0.15, 0.2) is 6.10 Å². The molecule has 554 valence electrons. The van der Waals surface area contributed by atoms with Crippen LogP contribution >= 0.6 is 7.82 Å². The van der Waals surface area contributed by atoms with Gasteiger partial charge in [0.25, 0.3) is 0 Å². The van der Waals surface area contributed by atoms with Gasteiger partial charge in [-0.2, -0.15) is 0 Å². The first-order chi connectivity index (χ1) is 46.8. The van der Waals surface area contributed by atoms with Gasteiger partial charge in [0.1, 0.15) is 6.61 Å². The van der Waals surface area contributed by atoms with Crippen molar-refractivity contribution < 1.29 is 37.6 Å². The van der Waals surface area contributed by atoms with E-state index in [-0.39, 0.29) is 38.6 Å². The van der Waals surface area contributed by atoms with E-state index in [0.29, 0.717) is 6.42 Å². The van der Waals surface area contributed by atoms with Gasteiger partial charge in [-0.3, -0.25) is 18.6 Å². The number of esters is 2. The number of hydrogen-bond acceptors (Lipinski definition) is 8. The molecule has 0 aliphatic carbocycles. The number of carbonyl (C=O) groups excluding carboxylic acids is 2. The molecule has 0 saturated heterocycles. The lowest BCUT2D eigenvalue weighted by Gasteiger charge is -2.19. The van der Waals surface area contributed by atoms with Crippen molar-refractivity contribution in [1.82, 2.24) is 0 Å². The fourth-order valence-corrected chi connectivity index (χ4v) is 13.0. The van der Waals surface area contributed by atoms with Crippen molar-refractivity contribution in [2.45, 2.75) is 418 Å². The van der Waals surface area contributed by atoms with Crippen LogP contribution in [0.25, 0.3) is 0 Å². The van der Waals surface area contributed by atoms with E-state index in [0.717, 1.165) is 70.6 Å². The number of nitrogens with two attached hydrogens (primary N) is 1. The Labute approximate surface area is 589 Å². The minimum Gasteiger partial charge on any atom is -0.462 e. The van der Waals surface area contributed by atoms with Gasteiger partial charge in [0.2, 0.25) is 0 Å². The summed E-state index contributed by atoms with van der Waals surface area (Å²) in [7, 11) is -4.40.